The van der Waals surface area contributed by atoms with Gasteiger partial charge in [0.2, 0.25) is 0 Å². The number of hydrogen-bond donors (Lipinski definition) is 2. The summed E-state index contributed by atoms with van der Waals surface area (Å²) in [6.07, 6.45) is 1.89. The minimum absolute atomic E-state index is 0.128. The van der Waals surface area contributed by atoms with Crippen LogP contribution in [0, 0.1) is 6.92 Å². The average Bonchev–Trinajstić information content (AvgIpc) is 3.09. The van der Waals surface area contributed by atoms with Gasteiger partial charge >= 0.3 is 6.61 Å². The van der Waals surface area contributed by atoms with E-state index in [4.69, 9.17) is 0 Å². The molecule has 2 heterocycles. The molecular weight excluding hydrogens is 366 g/mol. The van der Waals surface area contributed by atoms with Crippen molar-refractivity contribution in [3.05, 3.63) is 59.5 Å². The van der Waals surface area contributed by atoms with Gasteiger partial charge in [0.25, 0.3) is 0 Å². The van der Waals surface area contributed by atoms with Gasteiger partial charge in [0.1, 0.15) is 5.75 Å². The first kappa shape index (κ1) is 19.5. The number of halogens is 2. The van der Waals surface area contributed by atoms with Gasteiger partial charge in [-0.15, -0.1) is 10.2 Å². The van der Waals surface area contributed by atoms with Gasteiger partial charge < -0.3 is 15.4 Å². The third-order valence-electron chi connectivity index (χ3n) is 3.98. The molecule has 3 aromatic rings. The Labute approximate surface area is 161 Å². The van der Waals surface area contributed by atoms with Crippen molar-refractivity contribution in [2.45, 2.75) is 33.5 Å². The van der Waals surface area contributed by atoms with E-state index in [1.54, 1.807) is 12.1 Å². The second-order valence-corrected chi connectivity index (χ2v) is 6.08. The highest BCUT2D eigenvalue weighted by molar-refractivity contribution is 5.79. The third kappa shape index (κ3) is 4.93. The van der Waals surface area contributed by atoms with Gasteiger partial charge in [-0.25, -0.2) is 4.99 Å². The second-order valence-electron chi connectivity index (χ2n) is 6.08. The van der Waals surface area contributed by atoms with Crippen LogP contribution >= 0.6 is 0 Å². The summed E-state index contributed by atoms with van der Waals surface area (Å²) in [5.74, 6) is 1.40. The lowest BCUT2D eigenvalue weighted by atomic mass is 10.1. The van der Waals surface area contributed by atoms with Crippen molar-refractivity contribution in [3.8, 4) is 5.75 Å². The van der Waals surface area contributed by atoms with Crippen LogP contribution in [0.4, 0.5) is 8.78 Å². The predicted molar refractivity (Wildman–Crippen MR) is 102 cm³/mol. The molecule has 0 aliphatic carbocycles. The Morgan fingerprint density at radius 2 is 2.07 bits per heavy atom. The Kier molecular flexibility index (Phi) is 6.36. The minimum atomic E-state index is -2.88. The summed E-state index contributed by atoms with van der Waals surface area (Å²) in [4.78, 5) is 4.48. The molecule has 28 heavy (non-hydrogen) atoms. The van der Waals surface area contributed by atoms with Crippen LogP contribution in [0.3, 0.4) is 0 Å². The lowest BCUT2D eigenvalue weighted by molar-refractivity contribution is -0.0504. The molecule has 0 amide bonds. The van der Waals surface area contributed by atoms with Crippen molar-refractivity contribution in [1.29, 1.82) is 0 Å². The number of fused-ring (bicyclic) bond motifs is 1. The highest BCUT2D eigenvalue weighted by Crippen LogP contribution is 2.22. The molecule has 0 bridgehead atoms. The number of aliphatic imine (C=N–C) groups is 1. The van der Waals surface area contributed by atoms with Crippen LogP contribution in [-0.2, 0) is 13.1 Å². The Morgan fingerprint density at radius 3 is 2.86 bits per heavy atom. The topological polar surface area (TPSA) is 75.8 Å². The molecule has 2 N–H and O–H groups in total. The van der Waals surface area contributed by atoms with E-state index in [0.29, 0.717) is 24.6 Å². The van der Waals surface area contributed by atoms with Crippen LogP contribution in [0.5, 0.6) is 5.75 Å². The van der Waals surface area contributed by atoms with E-state index >= 15 is 0 Å². The van der Waals surface area contributed by atoms with E-state index in [2.05, 4.69) is 30.6 Å². The number of nitrogens with zero attached hydrogens (tertiary/aromatic N) is 4. The Hall–Kier alpha value is -3.23. The fraction of sp³-hybridized carbons (Fsp3) is 0.316. The maximum Gasteiger partial charge on any atom is 0.387 e. The number of ether oxygens (including phenoxy) is 1. The summed E-state index contributed by atoms with van der Waals surface area (Å²) < 4.78 is 31.7. The first-order chi connectivity index (χ1) is 13.6. The van der Waals surface area contributed by atoms with Crippen LogP contribution in [0.2, 0.25) is 0 Å². The monoisotopic (exact) mass is 388 g/mol. The minimum Gasteiger partial charge on any atom is -0.434 e. The Bertz CT molecular complexity index is 957. The molecule has 0 atom stereocenters. The molecule has 0 unspecified atom stereocenters. The highest BCUT2D eigenvalue weighted by Gasteiger charge is 2.10. The largest absolute Gasteiger partial charge is 0.434 e. The van der Waals surface area contributed by atoms with Crippen LogP contribution in [0.25, 0.3) is 5.65 Å². The number of guanidine groups is 1. The molecule has 0 aliphatic rings. The quantitative estimate of drug-likeness (QED) is 0.481. The van der Waals surface area contributed by atoms with E-state index < -0.39 is 6.61 Å². The van der Waals surface area contributed by atoms with Crippen LogP contribution < -0.4 is 15.4 Å². The molecule has 0 spiro atoms. The van der Waals surface area contributed by atoms with Gasteiger partial charge in [-0.3, -0.25) is 4.40 Å². The average molecular weight is 388 g/mol. The summed E-state index contributed by atoms with van der Waals surface area (Å²) in [5, 5.41) is 14.6. The van der Waals surface area contributed by atoms with E-state index in [1.807, 2.05) is 42.6 Å². The van der Waals surface area contributed by atoms with Gasteiger partial charge in [-0.1, -0.05) is 23.8 Å². The number of hydrogen-bond acceptors (Lipinski definition) is 4. The van der Waals surface area contributed by atoms with Gasteiger partial charge in [-0.2, -0.15) is 8.78 Å². The van der Waals surface area contributed by atoms with Crippen molar-refractivity contribution < 1.29 is 13.5 Å². The number of nitrogens with one attached hydrogen (secondary N) is 2. The van der Waals surface area contributed by atoms with Gasteiger partial charge in [0.15, 0.2) is 17.4 Å². The molecule has 1 aromatic carbocycles. The van der Waals surface area contributed by atoms with Crippen molar-refractivity contribution in [1.82, 2.24) is 25.2 Å². The zero-order valence-corrected chi connectivity index (χ0v) is 15.7. The number of aromatic nitrogens is 3. The van der Waals surface area contributed by atoms with Crippen LogP contribution in [-0.4, -0.2) is 33.7 Å². The number of benzene rings is 1. The molecule has 7 nitrogen and oxygen atoms in total. The third-order valence-corrected chi connectivity index (χ3v) is 3.98. The summed E-state index contributed by atoms with van der Waals surface area (Å²) in [7, 11) is 0. The lowest BCUT2D eigenvalue weighted by Crippen LogP contribution is -2.37. The van der Waals surface area contributed by atoms with E-state index in [0.717, 1.165) is 17.0 Å². The zero-order chi connectivity index (χ0) is 19.9. The summed E-state index contributed by atoms with van der Waals surface area (Å²) >= 11 is 0. The fourth-order valence-corrected chi connectivity index (χ4v) is 2.72. The SMILES string of the molecule is CCNC(=NCc1cc(C)ccc1OC(F)F)NCc1nnc2ccccn12. The van der Waals surface area contributed by atoms with Gasteiger partial charge in [0.05, 0.1) is 13.1 Å². The lowest BCUT2D eigenvalue weighted by Gasteiger charge is -2.13. The smallest absolute Gasteiger partial charge is 0.387 e. The fourth-order valence-electron chi connectivity index (χ4n) is 2.72. The zero-order valence-electron chi connectivity index (χ0n) is 15.7. The number of rotatable bonds is 7. The number of alkyl halides is 2. The number of aryl methyl sites for hydroxylation is 1. The predicted octanol–water partition coefficient (Wildman–Crippen LogP) is 2.89. The van der Waals surface area contributed by atoms with Gasteiger partial charge in [0, 0.05) is 18.3 Å². The first-order valence-corrected chi connectivity index (χ1v) is 8.92. The normalized spacial score (nSPS) is 11.8. The molecule has 0 fully saturated rings. The molecule has 148 valence electrons. The second kappa shape index (κ2) is 9.12. The van der Waals surface area contributed by atoms with E-state index in [9.17, 15) is 8.78 Å². The Morgan fingerprint density at radius 1 is 1.21 bits per heavy atom. The van der Waals surface area contributed by atoms with Crippen molar-refractivity contribution in [3.63, 3.8) is 0 Å². The molecule has 2 aromatic heterocycles. The van der Waals surface area contributed by atoms with Crippen LogP contribution in [0.15, 0.2) is 47.6 Å². The molecule has 0 saturated carbocycles. The molecular formula is C19H22F2N6O. The molecule has 0 aliphatic heterocycles. The van der Waals surface area contributed by atoms with Gasteiger partial charge in [-0.05, 0) is 32.0 Å². The summed E-state index contributed by atoms with van der Waals surface area (Å²) in [6.45, 7) is 2.21. The highest BCUT2D eigenvalue weighted by atomic mass is 19.3. The summed E-state index contributed by atoms with van der Waals surface area (Å²) in [5.41, 5.74) is 2.29. The Balaban J connectivity index is 1.73. The molecule has 0 radical (unpaired) electrons. The molecule has 9 heteroatoms. The van der Waals surface area contributed by atoms with Crippen molar-refractivity contribution >= 4 is 11.6 Å². The first-order valence-electron chi connectivity index (χ1n) is 8.92. The van der Waals surface area contributed by atoms with Crippen molar-refractivity contribution in [2.75, 3.05) is 6.54 Å². The molecule has 3 rings (SSSR count). The maximum atomic E-state index is 12.6. The molecule has 0 saturated heterocycles. The van der Waals surface area contributed by atoms with E-state index in [-0.39, 0.29) is 12.3 Å². The van der Waals surface area contributed by atoms with Crippen LogP contribution in [0.1, 0.15) is 23.9 Å². The van der Waals surface area contributed by atoms with Crippen molar-refractivity contribution in [2.24, 2.45) is 4.99 Å². The maximum absolute atomic E-state index is 12.6. The standard InChI is InChI=1S/C19H22F2N6O/c1-3-22-19(24-12-17-26-25-16-6-4-5-9-27(16)17)23-11-14-10-13(2)7-8-15(14)28-18(20)21/h4-10,18H,3,11-12H2,1-2H3,(H2,22,23,24). The summed E-state index contributed by atoms with van der Waals surface area (Å²) in [6, 6.07) is 10.7. The van der Waals surface area contributed by atoms with E-state index in [1.165, 1.54) is 6.07 Å². The number of pyridine rings is 1.